The number of hydrogen-bond donors (Lipinski definition) is 6. The van der Waals surface area contributed by atoms with Crippen LogP contribution in [0.25, 0.3) is 0 Å². The van der Waals surface area contributed by atoms with Gasteiger partial charge in [0.1, 0.15) is 27.8 Å². The molecule has 0 aromatic rings. The second kappa shape index (κ2) is 30.9. The first kappa shape index (κ1) is 65.0. The molecule has 3 heterocycles. The molecule has 8 amide bonds. The Morgan fingerprint density at radius 1 is 0.507 bits per heavy atom. The summed E-state index contributed by atoms with van der Waals surface area (Å²) in [5, 5.41) is 23.3. The van der Waals surface area contributed by atoms with Crippen molar-refractivity contribution >= 4 is 93.3 Å². The normalized spacial score (nSPS) is 18.1. The molecule has 0 unspecified atom stereocenters. The van der Waals surface area contributed by atoms with E-state index >= 15 is 0 Å². The Morgan fingerprint density at radius 2 is 0.767 bits per heavy atom. The summed E-state index contributed by atoms with van der Waals surface area (Å²) in [5.74, 6) is -4.28. The fraction of sp³-hybridized carbons (Fsp3) is 0.625. The van der Waals surface area contributed by atoms with Crippen LogP contribution in [0.15, 0.2) is 36.5 Å². The zero-order valence-corrected chi connectivity index (χ0v) is 43.4. The van der Waals surface area contributed by atoms with Crippen LogP contribution in [0.5, 0.6) is 0 Å². The Hall–Kier alpha value is -5.98. The van der Waals surface area contributed by atoms with E-state index in [1.165, 1.54) is 65.0 Å². The Kier molecular flexibility index (Phi) is 27.5. The first-order chi connectivity index (χ1) is 33.8. The number of halogens is 1. The average molecular weight is 1070 g/mol. The molecule has 0 spiro atoms. The summed E-state index contributed by atoms with van der Waals surface area (Å²) < 4.78 is 25.9. The minimum absolute atomic E-state index is 0. The van der Waals surface area contributed by atoms with Gasteiger partial charge in [0.15, 0.2) is 0 Å². The Morgan fingerprint density at radius 3 is 0.973 bits per heavy atom. The van der Waals surface area contributed by atoms with Crippen LogP contribution in [-0.2, 0) is 67.7 Å². The lowest BCUT2D eigenvalue weighted by molar-refractivity contribution is -0.163. The maximum absolute atomic E-state index is 12.1. The number of imide groups is 3. The largest absolute Gasteiger partial charge is 0.480 e. The molecule has 6 aliphatic rings. The SMILES string of the molecule is CC(=O)C1(C(=O)NCCCCCN2C(=O)C=CC2=O)CCC1.CC(=O)C1(C(=O)O)CCC1.CS(=O)(=O)O.Cl.NCCCCCN1C(=O)C=CC1=O.O=C1C=CC(=O)N1CCCCCNC(=O)C1(C(=O)O)CCC1. The maximum Gasteiger partial charge on any atom is 0.319 e. The van der Waals surface area contributed by atoms with Gasteiger partial charge >= 0.3 is 11.9 Å². The van der Waals surface area contributed by atoms with Crippen molar-refractivity contribution in [3.8, 4) is 0 Å². The van der Waals surface area contributed by atoms with Gasteiger partial charge in [0.2, 0.25) is 11.8 Å². The topological polar surface area (TPSA) is 359 Å². The first-order valence-corrected chi connectivity index (χ1v) is 25.9. The van der Waals surface area contributed by atoms with Gasteiger partial charge in [-0.05, 0) is 110 Å². The predicted molar refractivity (Wildman–Crippen MR) is 264 cm³/mol. The maximum atomic E-state index is 12.1. The van der Waals surface area contributed by atoms with Crippen LogP contribution in [0.2, 0.25) is 0 Å². The highest BCUT2D eigenvalue weighted by atomic mass is 35.5. The highest BCUT2D eigenvalue weighted by Gasteiger charge is 2.51. The number of hydrogen-bond acceptors (Lipinski definition) is 15. The zero-order valence-electron chi connectivity index (χ0n) is 41.7. The number of ketones is 2. The molecule has 0 bridgehead atoms. The van der Waals surface area contributed by atoms with E-state index in [2.05, 4.69) is 10.6 Å². The van der Waals surface area contributed by atoms with Crippen molar-refractivity contribution in [1.82, 2.24) is 25.3 Å². The second-order valence-electron chi connectivity index (χ2n) is 18.2. The second-order valence-corrected chi connectivity index (χ2v) is 19.7. The highest BCUT2D eigenvalue weighted by Crippen LogP contribution is 2.43. The predicted octanol–water partition coefficient (Wildman–Crippen LogP) is 2.21. The summed E-state index contributed by atoms with van der Waals surface area (Å²) in [6.07, 6.45) is 21.3. The molecule has 408 valence electrons. The Labute approximate surface area is 431 Å². The van der Waals surface area contributed by atoms with Gasteiger partial charge in [0.25, 0.3) is 45.6 Å². The van der Waals surface area contributed by atoms with E-state index < -0.39 is 44.2 Å². The number of nitrogens with zero attached hydrogens (tertiary/aromatic N) is 3. The van der Waals surface area contributed by atoms with E-state index in [0.717, 1.165) is 57.8 Å². The number of rotatable bonds is 23. The fourth-order valence-corrected chi connectivity index (χ4v) is 8.02. The molecule has 7 N–H and O–H groups in total. The van der Waals surface area contributed by atoms with Crippen molar-refractivity contribution < 1.29 is 80.7 Å². The van der Waals surface area contributed by atoms with Crippen molar-refractivity contribution in [3.05, 3.63) is 36.5 Å². The number of carbonyl (C=O) groups excluding carboxylic acids is 10. The molecule has 3 aliphatic carbocycles. The van der Waals surface area contributed by atoms with Gasteiger partial charge in [0, 0.05) is 69.2 Å². The number of unbranched alkanes of at least 4 members (excludes halogenated alkanes) is 6. The number of carboxylic acids is 2. The molecular formula is C48H71ClN6O17S. The fourth-order valence-electron chi connectivity index (χ4n) is 8.02. The smallest absolute Gasteiger partial charge is 0.319 e. The van der Waals surface area contributed by atoms with Crippen LogP contribution in [0.3, 0.4) is 0 Å². The van der Waals surface area contributed by atoms with Gasteiger partial charge in [-0.15, -0.1) is 12.4 Å². The number of nitrogens with one attached hydrogen (secondary N) is 2. The highest BCUT2D eigenvalue weighted by molar-refractivity contribution is 7.85. The standard InChI is InChI=1S/C16H22N2O4.C15H20N2O5.C9H14N2O2.C7H10O3.CH4O3S.ClH/c1-12(19)16(8-5-9-16)15(22)17-10-3-2-4-11-18-13(20)6-7-14(18)21;18-11-5-6-12(19)17(11)10-3-1-2-9-16-13(20)15(14(21)22)7-4-8-15;10-6-2-1-3-7-11-8(12)4-5-9(11)13;1-5(8)7(6(9)10)3-2-4-7;1-5(2,3)4;/h6-7H,2-5,8-11H2,1H3,(H,17,22);5-6H,1-4,7-10H2,(H,16,20)(H,21,22);4-5H,1-3,6-7,10H2;2-4H2,1H3,(H,9,10);1H3,(H,2,3,4);1H. The van der Waals surface area contributed by atoms with Crippen LogP contribution < -0.4 is 16.4 Å². The summed E-state index contributed by atoms with van der Waals surface area (Å²) in [6, 6.07) is 0. The van der Waals surface area contributed by atoms with E-state index in [-0.39, 0.29) is 65.3 Å². The lowest BCUT2D eigenvalue weighted by atomic mass is 9.65. The van der Waals surface area contributed by atoms with Crippen molar-refractivity contribution in [1.29, 1.82) is 0 Å². The Balaban J connectivity index is 0.000000488. The Bertz CT molecular complexity index is 2080. The molecule has 0 aromatic heterocycles. The molecular weight excluding hydrogens is 1000 g/mol. The third-order valence-electron chi connectivity index (χ3n) is 13.1. The molecule has 0 atom stereocenters. The van der Waals surface area contributed by atoms with Crippen LogP contribution in [-0.4, -0.2) is 154 Å². The minimum Gasteiger partial charge on any atom is -0.480 e. The first-order valence-electron chi connectivity index (χ1n) is 24.1. The molecule has 25 heteroatoms. The molecule has 0 saturated heterocycles. The molecule has 6 rings (SSSR count). The summed E-state index contributed by atoms with van der Waals surface area (Å²) >= 11 is 0. The van der Waals surface area contributed by atoms with Crippen LogP contribution in [0.1, 0.15) is 129 Å². The average Bonchev–Trinajstić information content (AvgIpc) is 3.86. The van der Waals surface area contributed by atoms with Crippen LogP contribution in [0, 0.1) is 16.2 Å². The molecule has 3 fully saturated rings. The van der Waals surface area contributed by atoms with Crippen molar-refractivity contribution in [3.63, 3.8) is 0 Å². The summed E-state index contributed by atoms with van der Waals surface area (Å²) in [5.41, 5.74) is 2.32. The lowest BCUT2D eigenvalue weighted by Gasteiger charge is -2.37. The van der Waals surface area contributed by atoms with Crippen LogP contribution >= 0.6 is 12.4 Å². The quantitative estimate of drug-likeness (QED) is 0.0370. The summed E-state index contributed by atoms with van der Waals surface area (Å²) in [6.45, 7) is 5.74. The number of nitrogens with two attached hydrogens (primary N) is 1. The summed E-state index contributed by atoms with van der Waals surface area (Å²) in [7, 11) is -3.67. The van der Waals surface area contributed by atoms with Gasteiger partial charge < -0.3 is 26.6 Å². The number of carboxylic acid groups (broad SMARTS) is 2. The van der Waals surface area contributed by atoms with E-state index in [1.54, 1.807) is 0 Å². The number of Topliss-reactive ketones (excluding diaryl/α,β-unsaturated/α-hetero) is 2. The molecule has 3 saturated carbocycles. The monoisotopic (exact) mass is 1070 g/mol. The molecule has 73 heavy (non-hydrogen) atoms. The third-order valence-corrected chi connectivity index (χ3v) is 13.1. The molecule has 23 nitrogen and oxygen atoms in total. The molecule has 3 aliphatic heterocycles. The van der Waals surface area contributed by atoms with E-state index in [1.807, 2.05) is 0 Å². The van der Waals surface area contributed by atoms with E-state index in [4.69, 9.17) is 20.5 Å². The number of aliphatic carboxylic acids is 2. The van der Waals surface area contributed by atoms with Crippen molar-refractivity contribution in [2.45, 2.75) is 129 Å². The van der Waals surface area contributed by atoms with E-state index in [0.29, 0.717) is 103 Å². The molecule has 0 aromatic carbocycles. The van der Waals surface area contributed by atoms with Gasteiger partial charge in [-0.25, -0.2) is 0 Å². The van der Waals surface area contributed by atoms with Gasteiger partial charge in [0.05, 0.1) is 6.26 Å². The van der Waals surface area contributed by atoms with Crippen molar-refractivity contribution in [2.75, 3.05) is 45.5 Å². The van der Waals surface area contributed by atoms with E-state index in [9.17, 15) is 66.0 Å². The van der Waals surface area contributed by atoms with Gasteiger partial charge in [-0.2, -0.15) is 8.42 Å². The van der Waals surface area contributed by atoms with Crippen LogP contribution in [0.4, 0.5) is 0 Å². The molecule has 0 radical (unpaired) electrons. The minimum atomic E-state index is -3.67. The third kappa shape index (κ3) is 19.8. The van der Waals surface area contributed by atoms with Crippen molar-refractivity contribution in [2.24, 2.45) is 22.0 Å². The number of carbonyl (C=O) groups is 12. The summed E-state index contributed by atoms with van der Waals surface area (Å²) in [4.78, 5) is 139. The lowest BCUT2D eigenvalue weighted by Crippen LogP contribution is -2.51. The van der Waals surface area contributed by atoms with Gasteiger partial charge in [-0.1, -0.05) is 25.7 Å². The number of amides is 8. The van der Waals surface area contributed by atoms with Gasteiger partial charge in [-0.3, -0.25) is 76.8 Å². The zero-order chi connectivity index (χ0) is 54.3.